The van der Waals surface area contributed by atoms with E-state index in [0.29, 0.717) is 6.54 Å². The molecule has 1 aromatic rings. The molecule has 0 bridgehead atoms. The number of non-ortho nitro benzene ring substituents is 1. The van der Waals surface area contributed by atoms with Crippen LogP contribution in [0.4, 0.5) is 11.4 Å². The van der Waals surface area contributed by atoms with E-state index in [1.807, 2.05) is 6.92 Å². The molecule has 2 rings (SSSR count). The lowest BCUT2D eigenvalue weighted by atomic mass is 10.3. The Bertz CT molecular complexity index is 641. The number of sulfonamides is 1. The van der Waals surface area contributed by atoms with Gasteiger partial charge in [-0.3, -0.25) is 10.1 Å². The van der Waals surface area contributed by atoms with Crippen molar-refractivity contribution in [3.8, 4) is 0 Å². The first-order valence-electron chi connectivity index (χ1n) is 6.89. The zero-order chi connectivity index (χ0) is 15.6. The van der Waals surface area contributed by atoms with Crippen molar-refractivity contribution >= 4 is 21.4 Å². The summed E-state index contributed by atoms with van der Waals surface area (Å²) in [5.74, 6) is 0. The zero-order valence-corrected chi connectivity index (χ0v) is 12.9. The van der Waals surface area contributed by atoms with Gasteiger partial charge in [-0.25, -0.2) is 8.42 Å². The Morgan fingerprint density at radius 2 is 2.10 bits per heavy atom. The Morgan fingerprint density at radius 1 is 1.43 bits per heavy atom. The monoisotopic (exact) mass is 313 g/mol. The van der Waals surface area contributed by atoms with Gasteiger partial charge in [0.1, 0.15) is 4.90 Å². The number of hydrogen-bond acceptors (Lipinski definition) is 5. The molecule has 21 heavy (non-hydrogen) atoms. The predicted octanol–water partition coefficient (Wildman–Crippen LogP) is 2.20. The van der Waals surface area contributed by atoms with Crippen molar-refractivity contribution in [2.45, 2.75) is 37.1 Å². The Morgan fingerprint density at radius 3 is 2.57 bits per heavy atom. The van der Waals surface area contributed by atoms with Crippen molar-refractivity contribution in [1.82, 2.24) is 4.31 Å². The maximum atomic E-state index is 12.8. The van der Waals surface area contributed by atoms with Crippen LogP contribution in [0.3, 0.4) is 0 Å². The molecular weight excluding hydrogens is 294 g/mol. The Balaban J connectivity index is 2.45. The Kier molecular flexibility index (Phi) is 4.48. The fourth-order valence-corrected chi connectivity index (χ4v) is 4.22. The molecule has 1 N–H and O–H groups in total. The van der Waals surface area contributed by atoms with Crippen molar-refractivity contribution in [2.24, 2.45) is 0 Å². The lowest BCUT2D eigenvalue weighted by Gasteiger charge is -2.22. The number of rotatable bonds is 7. The average Bonchev–Trinajstić information content (AvgIpc) is 3.28. The number of benzene rings is 1. The van der Waals surface area contributed by atoms with Crippen molar-refractivity contribution in [2.75, 3.05) is 18.9 Å². The first kappa shape index (κ1) is 15.7. The lowest BCUT2D eigenvalue weighted by molar-refractivity contribution is -0.384. The first-order valence-corrected chi connectivity index (χ1v) is 8.33. The topological polar surface area (TPSA) is 92.5 Å². The van der Waals surface area contributed by atoms with Gasteiger partial charge in [0.25, 0.3) is 5.69 Å². The summed E-state index contributed by atoms with van der Waals surface area (Å²) < 4.78 is 27.1. The molecule has 0 aromatic heterocycles. The summed E-state index contributed by atoms with van der Waals surface area (Å²) >= 11 is 0. The molecule has 0 heterocycles. The van der Waals surface area contributed by atoms with E-state index in [2.05, 4.69) is 5.32 Å². The number of nitro groups is 1. The highest BCUT2D eigenvalue weighted by atomic mass is 32.2. The minimum Gasteiger partial charge on any atom is -0.387 e. The van der Waals surface area contributed by atoms with Crippen LogP contribution in [0.2, 0.25) is 0 Å². The summed E-state index contributed by atoms with van der Waals surface area (Å²) in [6, 6.07) is 3.86. The summed E-state index contributed by atoms with van der Waals surface area (Å²) in [6.45, 7) is 2.40. The molecule has 0 saturated heterocycles. The van der Waals surface area contributed by atoms with Crippen molar-refractivity contribution < 1.29 is 13.3 Å². The molecule has 0 atom stereocenters. The summed E-state index contributed by atoms with van der Waals surface area (Å²) in [5, 5.41) is 13.5. The van der Waals surface area contributed by atoms with E-state index in [4.69, 9.17) is 0 Å². The van der Waals surface area contributed by atoms with E-state index < -0.39 is 14.9 Å². The number of hydrogen-bond donors (Lipinski definition) is 1. The Hall–Kier alpha value is -1.67. The second kappa shape index (κ2) is 5.98. The first-order chi connectivity index (χ1) is 9.91. The summed E-state index contributed by atoms with van der Waals surface area (Å²) in [5.41, 5.74) is 0.123. The molecule has 0 spiro atoms. The van der Waals surface area contributed by atoms with Crippen molar-refractivity contribution in [3.05, 3.63) is 28.3 Å². The number of nitrogens with one attached hydrogen (secondary N) is 1. The van der Waals surface area contributed by atoms with Gasteiger partial charge in [0.15, 0.2) is 0 Å². The molecule has 1 aliphatic carbocycles. The molecule has 1 aromatic carbocycles. The van der Waals surface area contributed by atoms with E-state index in [-0.39, 0.29) is 22.3 Å². The van der Waals surface area contributed by atoms with Crippen LogP contribution in [0.5, 0.6) is 0 Å². The van der Waals surface area contributed by atoms with Gasteiger partial charge in [0.05, 0.1) is 10.6 Å². The third-order valence-electron chi connectivity index (χ3n) is 3.43. The van der Waals surface area contributed by atoms with Crippen LogP contribution in [0, 0.1) is 10.1 Å². The van der Waals surface area contributed by atoms with E-state index in [1.54, 1.807) is 7.05 Å². The molecule has 1 saturated carbocycles. The van der Waals surface area contributed by atoms with Gasteiger partial charge in [-0.2, -0.15) is 4.31 Å². The zero-order valence-electron chi connectivity index (χ0n) is 12.1. The van der Waals surface area contributed by atoms with E-state index in [9.17, 15) is 18.5 Å². The van der Waals surface area contributed by atoms with Gasteiger partial charge in [0, 0.05) is 31.8 Å². The minimum atomic E-state index is -3.64. The largest absolute Gasteiger partial charge is 0.387 e. The van der Waals surface area contributed by atoms with Gasteiger partial charge >= 0.3 is 0 Å². The predicted molar refractivity (Wildman–Crippen MR) is 79.8 cm³/mol. The standard InChI is InChI=1S/C13H19N3O4S/c1-3-8-15(10-4-5-10)21(19,20)13-7-6-11(16(17)18)9-12(13)14-2/h6-7,9-10,14H,3-5,8H2,1-2H3. The maximum Gasteiger partial charge on any atom is 0.271 e. The van der Waals surface area contributed by atoms with E-state index in [1.165, 1.54) is 22.5 Å². The van der Waals surface area contributed by atoms with Crippen LogP contribution >= 0.6 is 0 Å². The fourth-order valence-electron chi connectivity index (χ4n) is 2.26. The van der Waals surface area contributed by atoms with Gasteiger partial charge in [0.2, 0.25) is 10.0 Å². The minimum absolute atomic E-state index is 0.0647. The van der Waals surface area contributed by atoms with Crippen molar-refractivity contribution in [1.29, 1.82) is 0 Å². The van der Waals surface area contributed by atoms with Crippen LogP contribution < -0.4 is 5.32 Å². The van der Waals surface area contributed by atoms with Crippen LogP contribution in [0.1, 0.15) is 26.2 Å². The van der Waals surface area contributed by atoms with E-state index >= 15 is 0 Å². The third kappa shape index (κ3) is 3.16. The fraction of sp³-hybridized carbons (Fsp3) is 0.538. The van der Waals surface area contributed by atoms with Gasteiger partial charge < -0.3 is 5.32 Å². The maximum absolute atomic E-state index is 12.8. The quantitative estimate of drug-likeness (QED) is 0.615. The van der Waals surface area contributed by atoms with Gasteiger partial charge in [-0.1, -0.05) is 6.92 Å². The molecule has 1 aliphatic rings. The van der Waals surface area contributed by atoms with Crippen LogP contribution in [0.25, 0.3) is 0 Å². The third-order valence-corrected chi connectivity index (χ3v) is 5.44. The van der Waals surface area contributed by atoms with Crippen LogP contribution in [-0.2, 0) is 10.0 Å². The highest BCUT2D eigenvalue weighted by Crippen LogP contribution is 2.35. The summed E-state index contributed by atoms with van der Waals surface area (Å²) in [6.07, 6.45) is 2.49. The molecule has 0 aliphatic heterocycles. The van der Waals surface area contributed by atoms with Crippen molar-refractivity contribution in [3.63, 3.8) is 0 Å². The lowest BCUT2D eigenvalue weighted by Crippen LogP contribution is -2.34. The molecule has 0 radical (unpaired) electrons. The molecule has 116 valence electrons. The second-order valence-corrected chi connectivity index (χ2v) is 6.89. The molecule has 0 unspecified atom stereocenters. The highest BCUT2D eigenvalue weighted by molar-refractivity contribution is 7.89. The van der Waals surface area contributed by atoms with Crippen LogP contribution in [-0.4, -0.2) is 37.3 Å². The highest BCUT2D eigenvalue weighted by Gasteiger charge is 2.38. The SMILES string of the molecule is CCCN(C1CC1)S(=O)(=O)c1ccc([N+](=O)[O-])cc1NC. The van der Waals surface area contributed by atoms with Gasteiger partial charge in [-0.15, -0.1) is 0 Å². The number of nitrogens with zero attached hydrogens (tertiary/aromatic N) is 2. The normalized spacial score (nSPS) is 15.2. The summed E-state index contributed by atoms with van der Waals surface area (Å²) in [4.78, 5) is 10.4. The molecule has 1 fully saturated rings. The van der Waals surface area contributed by atoms with E-state index in [0.717, 1.165) is 19.3 Å². The Labute approximate surface area is 124 Å². The van der Waals surface area contributed by atoms with Gasteiger partial charge in [-0.05, 0) is 25.3 Å². The molecule has 8 heteroatoms. The number of anilines is 1. The van der Waals surface area contributed by atoms with Crippen LogP contribution in [0.15, 0.2) is 23.1 Å². The average molecular weight is 313 g/mol. The molecule has 0 amide bonds. The second-order valence-electron chi connectivity index (χ2n) is 5.03. The molecule has 7 nitrogen and oxygen atoms in total. The number of nitro benzene ring substituents is 1. The summed E-state index contributed by atoms with van der Waals surface area (Å²) in [7, 11) is -2.08. The smallest absolute Gasteiger partial charge is 0.271 e. The molecular formula is C13H19N3O4S.